The van der Waals surface area contributed by atoms with E-state index in [1.54, 1.807) is 19.3 Å². The van der Waals surface area contributed by atoms with Gasteiger partial charge in [-0.3, -0.25) is 14.3 Å². The molecule has 0 aliphatic carbocycles. The van der Waals surface area contributed by atoms with Crippen LogP contribution in [0.5, 0.6) is 0 Å². The Kier molecular flexibility index (Phi) is 5.78. The van der Waals surface area contributed by atoms with Gasteiger partial charge in [0, 0.05) is 30.5 Å². The Balaban J connectivity index is 1.80. The van der Waals surface area contributed by atoms with Crippen LogP contribution < -0.4 is 10.6 Å². The molecule has 1 heterocycles. The SMILES string of the molecule is CNC(=O)C(Cc1ccc(C)cc1)NC(=O)c1ccc2c(cnn2C(C)C)c1. The number of carbonyl (C=O) groups excluding carboxylic acids is 2. The highest BCUT2D eigenvalue weighted by Crippen LogP contribution is 2.19. The summed E-state index contributed by atoms with van der Waals surface area (Å²) in [4.78, 5) is 25.1. The number of hydrogen-bond acceptors (Lipinski definition) is 3. The molecule has 6 nitrogen and oxygen atoms in total. The number of nitrogens with zero attached hydrogens (tertiary/aromatic N) is 2. The van der Waals surface area contributed by atoms with Crippen molar-refractivity contribution in [2.45, 2.75) is 39.3 Å². The van der Waals surface area contributed by atoms with Crippen molar-refractivity contribution >= 4 is 22.7 Å². The third-order valence-electron chi connectivity index (χ3n) is 4.78. The third kappa shape index (κ3) is 4.22. The van der Waals surface area contributed by atoms with E-state index < -0.39 is 6.04 Å². The summed E-state index contributed by atoms with van der Waals surface area (Å²) in [7, 11) is 1.57. The van der Waals surface area contributed by atoms with Crippen LogP contribution >= 0.6 is 0 Å². The van der Waals surface area contributed by atoms with E-state index in [0.717, 1.165) is 22.0 Å². The molecular weight excluding hydrogens is 352 g/mol. The van der Waals surface area contributed by atoms with Crippen molar-refractivity contribution in [1.29, 1.82) is 0 Å². The molecule has 0 aliphatic rings. The molecule has 1 atom stereocenters. The summed E-state index contributed by atoms with van der Waals surface area (Å²) < 4.78 is 1.92. The quantitative estimate of drug-likeness (QED) is 0.692. The molecule has 6 heteroatoms. The normalized spacial score (nSPS) is 12.2. The van der Waals surface area contributed by atoms with Crippen LogP contribution in [0.2, 0.25) is 0 Å². The van der Waals surface area contributed by atoms with Crippen LogP contribution in [0.3, 0.4) is 0 Å². The van der Waals surface area contributed by atoms with Crippen LogP contribution in [-0.2, 0) is 11.2 Å². The average molecular weight is 378 g/mol. The summed E-state index contributed by atoms with van der Waals surface area (Å²) in [5.74, 6) is -0.498. The lowest BCUT2D eigenvalue weighted by Gasteiger charge is -2.18. The Morgan fingerprint density at radius 3 is 2.46 bits per heavy atom. The molecule has 1 unspecified atom stereocenters. The van der Waals surface area contributed by atoms with Crippen molar-refractivity contribution in [1.82, 2.24) is 20.4 Å². The summed E-state index contributed by atoms with van der Waals surface area (Å²) >= 11 is 0. The van der Waals surface area contributed by atoms with E-state index in [4.69, 9.17) is 0 Å². The van der Waals surface area contributed by atoms with Gasteiger partial charge in [0.15, 0.2) is 0 Å². The number of likely N-dealkylation sites (N-methyl/N-ethyl adjacent to an activating group) is 1. The Bertz CT molecular complexity index is 989. The predicted octanol–water partition coefficient (Wildman–Crippen LogP) is 3.01. The lowest BCUT2D eigenvalue weighted by atomic mass is 10.0. The Hall–Kier alpha value is -3.15. The van der Waals surface area contributed by atoms with Crippen molar-refractivity contribution in [3.63, 3.8) is 0 Å². The molecule has 3 aromatic rings. The molecule has 146 valence electrons. The number of aromatic nitrogens is 2. The van der Waals surface area contributed by atoms with E-state index in [1.807, 2.05) is 48.0 Å². The van der Waals surface area contributed by atoms with Crippen LogP contribution in [0.4, 0.5) is 0 Å². The van der Waals surface area contributed by atoms with E-state index in [-0.39, 0.29) is 17.9 Å². The first-order valence-electron chi connectivity index (χ1n) is 9.44. The minimum absolute atomic E-state index is 0.220. The number of rotatable bonds is 6. The zero-order valence-electron chi connectivity index (χ0n) is 16.7. The lowest BCUT2D eigenvalue weighted by molar-refractivity contribution is -0.122. The van der Waals surface area contributed by atoms with Crippen LogP contribution in [0.15, 0.2) is 48.7 Å². The van der Waals surface area contributed by atoms with Gasteiger partial charge in [0.2, 0.25) is 5.91 Å². The van der Waals surface area contributed by atoms with Gasteiger partial charge in [-0.25, -0.2) is 0 Å². The average Bonchev–Trinajstić information content (AvgIpc) is 3.12. The van der Waals surface area contributed by atoms with Crippen molar-refractivity contribution in [3.8, 4) is 0 Å². The fourth-order valence-corrected chi connectivity index (χ4v) is 3.19. The maximum atomic E-state index is 12.8. The van der Waals surface area contributed by atoms with E-state index in [0.29, 0.717) is 12.0 Å². The maximum Gasteiger partial charge on any atom is 0.251 e. The second kappa shape index (κ2) is 8.25. The second-order valence-electron chi connectivity index (χ2n) is 7.29. The van der Waals surface area contributed by atoms with Crippen LogP contribution in [0, 0.1) is 6.92 Å². The van der Waals surface area contributed by atoms with Crippen molar-refractivity contribution < 1.29 is 9.59 Å². The van der Waals surface area contributed by atoms with Crippen molar-refractivity contribution in [3.05, 3.63) is 65.4 Å². The first-order chi connectivity index (χ1) is 13.4. The summed E-state index contributed by atoms with van der Waals surface area (Å²) in [6, 6.07) is 13.0. The van der Waals surface area contributed by atoms with Gasteiger partial charge in [0.1, 0.15) is 6.04 Å². The van der Waals surface area contributed by atoms with Crippen molar-refractivity contribution in [2.24, 2.45) is 0 Å². The Morgan fingerprint density at radius 2 is 1.82 bits per heavy atom. The van der Waals surface area contributed by atoms with Crippen LogP contribution in [-0.4, -0.2) is 34.7 Å². The molecule has 0 bridgehead atoms. The molecule has 0 saturated heterocycles. The zero-order chi connectivity index (χ0) is 20.3. The fraction of sp³-hybridized carbons (Fsp3) is 0.318. The predicted molar refractivity (Wildman–Crippen MR) is 110 cm³/mol. The van der Waals surface area contributed by atoms with Crippen LogP contribution in [0.1, 0.15) is 41.4 Å². The molecule has 0 spiro atoms. The maximum absolute atomic E-state index is 12.8. The lowest BCUT2D eigenvalue weighted by Crippen LogP contribution is -2.47. The molecular formula is C22H26N4O2. The molecule has 0 saturated carbocycles. The van der Waals surface area contributed by atoms with Gasteiger partial charge in [0.05, 0.1) is 11.7 Å². The monoisotopic (exact) mass is 378 g/mol. The molecule has 0 aliphatic heterocycles. The molecule has 28 heavy (non-hydrogen) atoms. The zero-order valence-corrected chi connectivity index (χ0v) is 16.7. The Morgan fingerprint density at radius 1 is 1.11 bits per heavy atom. The highest BCUT2D eigenvalue weighted by atomic mass is 16.2. The smallest absolute Gasteiger partial charge is 0.251 e. The summed E-state index contributed by atoms with van der Waals surface area (Å²) in [5, 5.41) is 10.8. The molecule has 0 fully saturated rings. The highest BCUT2D eigenvalue weighted by molar-refractivity contribution is 6.00. The molecule has 2 amide bonds. The van der Waals surface area contributed by atoms with E-state index in [1.165, 1.54) is 0 Å². The number of fused-ring (bicyclic) bond motifs is 1. The number of carbonyl (C=O) groups is 2. The van der Waals surface area contributed by atoms with E-state index in [9.17, 15) is 9.59 Å². The molecule has 3 rings (SSSR count). The fourth-order valence-electron chi connectivity index (χ4n) is 3.19. The number of benzene rings is 2. The van der Waals surface area contributed by atoms with E-state index in [2.05, 4.69) is 29.6 Å². The van der Waals surface area contributed by atoms with Crippen LogP contribution in [0.25, 0.3) is 10.9 Å². The molecule has 2 N–H and O–H groups in total. The summed E-state index contributed by atoms with van der Waals surface area (Å²) in [5.41, 5.74) is 3.63. The minimum atomic E-state index is -0.644. The third-order valence-corrected chi connectivity index (χ3v) is 4.78. The van der Waals surface area contributed by atoms with Gasteiger partial charge in [-0.05, 0) is 44.5 Å². The number of aryl methyl sites for hydroxylation is 1. The van der Waals surface area contributed by atoms with Gasteiger partial charge in [-0.2, -0.15) is 5.10 Å². The number of nitrogens with one attached hydrogen (secondary N) is 2. The summed E-state index contributed by atoms with van der Waals surface area (Å²) in [6.07, 6.45) is 2.19. The largest absolute Gasteiger partial charge is 0.357 e. The van der Waals surface area contributed by atoms with Gasteiger partial charge in [-0.15, -0.1) is 0 Å². The molecule has 1 aromatic heterocycles. The number of hydrogen-bond donors (Lipinski definition) is 2. The number of amides is 2. The van der Waals surface area contributed by atoms with Gasteiger partial charge < -0.3 is 10.6 Å². The second-order valence-corrected chi connectivity index (χ2v) is 7.29. The topological polar surface area (TPSA) is 76.0 Å². The minimum Gasteiger partial charge on any atom is -0.357 e. The first kappa shape index (κ1) is 19.6. The van der Waals surface area contributed by atoms with Gasteiger partial charge >= 0.3 is 0 Å². The highest BCUT2D eigenvalue weighted by Gasteiger charge is 2.21. The Labute approximate surface area is 164 Å². The van der Waals surface area contributed by atoms with Crippen molar-refractivity contribution in [2.75, 3.05) is 7.05 Å². The van der Waals surface area contributed by atoms with Gasteiger partial charge in [0.25, 0.3) is 5.91 Å². The molecule has 0 radical (unpaired) electrons. The first-order valence-corrected chi connectivity index (χ1v) is 9.44. The molecule has 2 aromatic carbocycles. The standard InChI is InChI=1S/C22H26N4O2/c1-14(2)26-20-10-9-17(12-18(20)13-24-26)21(27)25-19(22(28)23-4)11-16-7-5-15(3)6-8-16/h5-10,12-14,19H,11H2,1-4H3,(H,23,28)(H,25,27). The van der Waals surface area contributed by atoms with E-state index >= 15 is 0 Å². The summed E-state index contributed by atoms with van der Waals surface area (Å²) in [6.45, 7) is 6.14. The van der Waals surface area contributed by atoms with Gasteiger partial charge in [-0.1, -0.05) is 29.8 Å².